The molecule has 2 aliphatic rings. The molecule has 1 aromatic carbocycles. The highest BCUT2D eigenvalue weighted by Gasteiger charge is 2.34. The van der Waals surface area contributed by atoms with E-state index >= 15 is 0 Å². The Labute approximate surface area is 169 Å². The maximum atomic E-state index is 13.0. The van der Waals surface area contributed by atoms with E-state index in [1.54, 1.807) is 6.07 Å². The second-order valence-electron chi connectivity index (χ2n) is 7.83. The van der Waals surface area contributed by atoms with Gasteiger partial charge in [-0.05, 0) is 24.5 Å². The van der Waals surface area contributed by atoms with E-state index in [1.807, 2.05) is 9.80 Å². The number of nitrogens with one attached hydrogen (secondary N) is 1. The molecule has 1 unspecified atom stereocenters. The molecule has 5 nitrogen and oxygen atoms in total. The molecule has 0 radical (unpaired) electrons. The van der Waals surface area contributed by atoms with Crippen LogP contribution in [0.1, 0.15) is 49.7 Å². The lowest BCUT2D eigenvalue weighted by Crippen LogP contribution is -2.56. The maximum Gasteiger partial charge on any atom is 0.416 e. The molecule has 2 heterocycles. The van der Waals surface area contributed by atoms with E-state index in [2.05, 4.69) is 5.32 Å². The second kappa shape index (κ2) is 9.61. The third-order valence-corrected chi connectivity index (χ3v) is 5.66. The van der Waals surface area contributed by atoms with E-state index in [0.29, 0.717) is 31.7 Å². The van der Waals surface area contributed by atoms with E-state index in [0.717, 1.165) is 37.8 Å². The Morgan fingerprint density at radius 1 is 1.07 bits per heavy atom. The summed E-state index contributed by atoms with van der Waals surface area (Å²) in [6.45, 7) is 2.54. The van der Waals surface area contributed by atoms with Crippen LogP contribution in [0.25, 0.3) is 0 Å². The fraction of sp³-hybridized carbons (Fsp3) is 0.619. The third-order valence-electron chi connectivity index (χ3n) is 5.66. The van der Waals surface area contributed by atoms with Crippen LogP contribution >= 0.6 is 0 Å². The first-order valence-electron chi connectivity index (χ1n) is 10.3. The summed E-state index contributed by atoms with van der Waals surface area (Å²) in [7, 11) is 0. The van der Waals surface area contributed by atoms with Gasteiger partial charge in [0.1, 0.15) is 0 Å². The monoisotopic (exact) mass is 411 g/mol. The topological polar surface area (TPSA) is 52.7 Å². The third kappa shape index (κ3) is 5.95. The number of hydrogen-bond donors (Lipinski definition) is 1. The van der Waals surface area contributed by atoms with E-state index in [9.17, 15) is 22.8 Å². The number of benzene rings is 1. The first-order chi connectivity index (χ1) is 13.8. The molecule has 2 amide bonds. The van der Waals surface area contributed by atoms with Gasteiger partial charge in [-0.3, -0.25) is 14.5 Å². The number of nitrogens with zero attached hydrogens (tertiary/aromatic N) is 2. The summed E-state index contributed by atoms with van der Waals surface area (Å²) in [5, 5.41) is 2.78. The highest BCUT2D eigenvalue weighted by atomic mass is 19.4. The quantitative estimate of drug-likeness (QED) is 0.828. The average molecular weight is 411 g/mol. The Balaban J connectivity index is 1.69. The molecule has 0 aromatic heterocycles. The molecule has 1 N–H and O–H groups in total. The minimum Gasteiger partial charge on any atom is -0.353 e. The van der Waals surface area contributed by atoms with Gasteiger partial charge in [0.2, 0.25) is 11.8 Å². The normalized spacial score (nSPS) is 22.0. The molecular formula is C21H28F3N3O2. The molecule has 29 heavy (non-hydrogen) atoms. The summed E-state index contributed by atoms with van der Waals surface area (Å²) < 4.78 is 39.0. The average Bonchev–Trinajstić information content (AvgIpc) is 2.64. The molecule has 160 valence electrons. The number of alkyl halides is 3. The van der Waals surface area contributed by atoms with Crippen LogP contribution in [0.5, 0.6) is 0 Å². The summed E-state index contributed by atoms with van der Waals surface area (Å²) >= 11 is 0. The largest absolute Gasteiger partial charge is 0.416 e. The van der Waals surface area contributed by atoms with Crippen molar-refractivity contribution in [3.8, 4) is 0 Å². The van der Waals surface area contributed by atoms with Crippen molar-refractivity contribution < 1.29 is 22.8 Å². The minimum absolute atomic E-state index is 0.0528. The standard InChI is InChI=1S/C21H28F3N3O2/c22-21(23,24)17-8-6-7-16(13-17)15-27-12-9-25-20(29)18(27)14-19(28)26-10-4-2-1-3-5-11-26/h6-8,13,18H,1-5,9-12,14-15H2,(H,25,29). The van der Waals surface area contributed by atoms with Crippen LogP contribution in [0.3, 0.4) is 0 Å². The van der Waals surface area contributed by atoms with E-state index < -0.39 is 17.8 Å². The SMILES string of the molecule is O=C1NCCN(Cc2cccc(C(F)(F)F)c2)C1CC(=O)N1CCCCCCC1. The van der Waals surface area contributed by atoms with Crippen molar-refractivity contribution in [1.82, 2.24) is 15.1 Å². The zero-order valence-corrected chi connectivity index (χ0v) is 16.5. The summed E-state index contributed by atoms with van der Waals surface area (Å²) in [5.41, 5.74) is -0.219. The van der Waals surface area contributed by atoms with Gasteiger partial charge in [-0.15, -0.1) is 0 Å². The Hall–Kier alpha value is -2.09. The number of carbonyl (C=O) groups is 2. The van der Waals surface area contributed by atoms with Crippen molar-refractivity contribution in [3.05, 3.63) is 35.4 Å². The Kier molecular flexibility index (Phi) is 7.16. The van der Waals surface area contributed by atoms with Gasteiger partial charge in [0.05, 0.1) is 18.0 Å². The predicted octanol–water partition coefficient (Wildman–Crippen LogP) is 3.19. The lowest BCUT2D eigenvalue weighted by molar-refractivity contribution is -0.139. The van der Waals surface area contributed by atoms with Gasteiger partial charge in [0.15, 0.2) is 0 Å². The van der Waals surface area contributed by atoms with Crippen LogP contribution in [0.4, 0.5) is 13.2 Å². The number of amides is 2. The van der Waals surface area contributed by atoms with Crippen LogP contribution in [0, 0.1) is 0 Å². The summed E-state index contributed by atoms with van der Waals surface area (Å²) in [6, 6.07) is 4.50. The molecule has 0 saturated carbocycles. The van der Waals surface area contributed by atoms with Crippen LogP contribution in [0.2, 0.25) is 0 Å². The van der Waals surface area contributed by atoms with Crippen LogP contribution < -0.4 is 5.32 Å². The van der Waals surface area contributed by atoms with Gasteiger partial charge in [0.25, 0.3) is 0 Å². The number of hydrogen-bond acceptors (Lipinski definition) is 3. The van der Waals surface area contributed by atoms with Gasteiger partial charge < -0.3 is 10.2 Å². The van der Waals surface area contributed by atoms with Gasteiger partial charge in [0, 0.05) is 32.7 Å². The number of piperazine rings is 1. The fourth-order valence-electron chi connectivity index (χ4n) is 4.05. The van der Waals surface area contributed by atoms with Crippen molar-refractivity contribution in [1.29, 1.82) is 0 Å². The Bertz CT molecular complexity index is 715. The van der Waals surface area contributed by atoms with E-state index in [4.69, 9.17) is 0 Å². The number of carbonyl (C=O) groups excluding carboxylic acids is 2. The van der Waals surface area contributed by atoms with Crippen molar-refractivity contribution >= 4 is 11.8 Å². The lowest BCUT2D eigenvalue weighted by atomic mass is 10.0. The van der Waals surface area contributed by atoms with Gasteiger partial charge in [-0.2, -0.15) is 13.2 Å². The molecule has 3 rings (SSSR count). The second-order valence-corrected chi connectivity index (χ2v) is 7.83. The van der Waals surface area contributed by atoms with Gasteiger partial charge in [-0.1, -0.05) is 37.5 Å². The molecule has 1 atom stereocenters. The molecule has 0 bridgehead atoms. The summed E-state index contributed by atoms with van der Waals surface area (Å²) in [4.78, 5) is 28.9. The Morgan fingerprint density at radius 3 is 2.45 bits per heavy atom. The van der Waals surface area contributed by atoms with Crippen LogP contribution in [0.15, 0.2) is 24.3 Å². The number of halogens is 3. The molecule has 2 saturated heterocycles. The molecule has 8 heteroatoms. The van der Waals surface area contributed by atoms with Crippen molar-refractivity contribution in [2.75, 3.05) is 26.2 Å². The molecule has 1 aromatic rings. The predicted molar refractivity (Wildman–Crippen MR) is 103 cm³/mol. The van der Waals surface area contributed by atoms with E-state index in [1.165, 1.54) is 12.5 Å². The molecule has 2 aliphatic heterocycles. The summed E-state index contributed by atoms with van der Waals surface area (Å²) in [5.74, 6) is -0.286. The number of likely N-dealkylation sites (tertiary alicyclic amines) is 1. The fourth-order valence-corrected chi connectivity index (χ4v) is 4.05. The molecule has 0 spiro atoms. The zero-order chi connectivity index (χ0) is 20.9. The lowest BCUT2D eigenvalue weighted by Gasteiger charge is -2.36. The van der Waals surface area contributed by atoms with Crippen molar-refractivity contribution in [3.63, 3.8) is 0 Å². The van der Waals surface area contributed by atoms with Crippen LogP contribution in [-0.4, -0.2) is 53.8 Å². The highest BCUT2D eigenvalue weighted by molar-refractivity contribution is 5.88. The first-order valence-corrected chi connectivity index (χ1v) is 10.3. The molecule has 0 aliphatic carbocycles. The van der Waals surface area contributed by atoms with Crippen molar-refractivity contribution in [2.24, 2.45) is 0 Å². The number of rotatable bonds is 4. The molecular weight excluding hydrogens is 383 g/mol. The van der Waals surface area contributed by atoms with Gasteiger partial charge in [-0.25, -0.2) is 0 Å². The summed E-state index contributed by atoms with van der Waals surface area (Å²) in [6.07, 6.45) is 0.997. The first kappa shape index (κ1) is 21.6. The van der Waals surface area contributed by atoms with Crippen LogP contribution in [-0.2, 0) is 22.3 Å². The maximum absolute atomic E-state index is 13.0. The smallest absolute Gasteiger partial charge is 0.353 e. The minimum atomic E-state index is -4.41. The van der Waals surface area contributed by atoms with E-state index in [-0.39, 0.29) is 24.8 Å². The highest BCUT2D eigenvalue weighted by Crippen LogP contribution is 2.30. The Morgan fingerprint density at radius 2 is 1.76 bits per heavy atom. The van der Waals surface area contributed by atoms with Crippen molar-refractivity contribution in [2.45, 2.75) is 57.3 Å². The van der Waals surface area contributed by atoms with Gasteiger partial charge >= 0.3 is 6.18 Å². The zero-order valence-electron chi connectivity index (χ0n) is 16.5. The molecule has 2 fully saturated rings.